The van der Waals surface area contributed by atoms with Gasteiger partial charge in [-0.2, -0.15) is 0 Å². The number of piperidine rings is 1. The Morgan fingerprint density at radius 1 is 0.846 bits per heavy atom. The largest absolute Gasteiger partial charge is 0.361 e. The average molecular weight is 537 g/mol. The van der Waals surface area contributed by atoms with Gasteiger partial charge in [-0.1, -0.05) is 54.1 Å². The van der Waals surface area contributed by atoms with E-state index in [9.17, 15) is 9.59 Å². The molecule has 6 nitrogen and oxygen atoms in total. The van der Waals surface area contributed by atoms with Crippen molar-refractivity contribution in [1.82, 2.24) is 14.9 Å². The lowest BCUT2D eigenvalue weighted by Gasteiger charge is -2.43. The highest BCUT2D eigenvalue weighted by Gasteiger charge is 2.44. The monoisotopic (exact) mass is 536 g/mol. The second-order valence-corrected chi connectivity index (χ2v) is 11.2. The summed E-state index contributed by atoms with van der Waals surface area (Å²) in [5, 5.41) is 3.03. The predicted octanol–water partition coefficient (Wildman–Crippen LogP) is 6.26. The van der Waals surface area contributed by atoms with Crippen molar-refractivity contribution in [2.45, 2.75) is 24.7 Å². The molecule has 1 atom stereocenters. The van der Waals surface area contributed by atoms with E-state index >= 15 is 0 Å². The summed E-state index contributed by atoms with van der Waals surface area (Å²) in [5.41, 5.74) is 5.30. The first kappa shape index (κ1) is 24.0. The minimum atomic E-state index is -0.342. The second-order valence-electron chi connectivity index (χ2n) is 10.8. The van der Waals surface area contributed by atoms with E-state index in [0.717, 1.165) is 29.6 Å². The average Bonchev–Trinajstić information content (AvgIpc) is 3.70. The van der Waals surface area contributed by atoms with Crippen molar-refractivity contribution in [2.24, 2.45) is 5.92 Å². The molecule has 3 aromatic carbocycles. The summed E-state index contributed by atoms with van der Waals surface area (Å²) in [6, 6.07) is 24.2. The van der Waals surface area contributed by atoms with Crippen molar-refractivity contribution in [3.05, 3.63) is 101 Å². The fourth-order valence-electron chi connectivity index (χ4n) is 6.75. The Morgan fingerprint density at radius 3 is 2.08 bits per heavy atom. The standard InChI is InChI=1S/C32H29ClN4O2/c33-22-6-5-7-23(17-22)37-20-21(16-30(37)38)31(39)36-14-12-32(13-15-36,26-18-34-28-10-3-1-8-24(26)28)27-19-35-29-11-4-2-9-25(27)29/h1-11,17-19,21,34-35H,12-16,20H2/t21-/m1/s1. The molecule has 2 aromatic heterocycles. The molecule has 196 valence electrons. The zero-order valence-corrected chi connectivity index (χ0v) is 22.2. The number of halogens is 1. The van der Waals surface area contributed by atoms with Crippen LogP contribution in [0.15, 0.2) is 85.2 Å². The Kier molecular flexibility index (Phi) is 5.74. The molecule has 2 amide bonds. The van der Waals surface area contributed by atoms with Crippen LogP contribution in [0.5, 0.6) is 0 Å². The number of amides is 2. The maximum atomic E-state index is 13.7. The lowest BCUT2D eigenvalue weighted by atomic mass is 9.67. The van der Waals surface area contributed by atoms with Crippen molar-refractivity contribution < 1.29 is 9.59 Å². The summed E-state index contributed by atoms with van der Waals surface area (Å²) in [4.78, 5) is 37.2. The van der Waals surface area contributed by atoms with Crippen LogP contribution >= 0.6 is 11.6 Å². The molecule has 39 heavy (non-hydrogen) atoms. The highest BCUT2D eigenvalue weighted by Crippen LogP contribution is 2.47. The number of H-pyrrole nitrogens is 2. The first-order valence-corrected chi connectivity index (χ1v) is 13.9. The van der Waals surface area contributed by atoms with Gasteiger partial charge in [0.25, 0.3) is 0 Å². The van der Waals surface area contributed by atoms with Crippen LogP contribution in [0.1, 0.15) is 30.4 Å². The first-order valence-electron chi connectivity index (χ1n) is 13.5. The van der Waals surface area contributed by atoms with Gasteiger partial charge in [0.2, 0.25) is 11.8 Å². The summed E-state index contributed by atoms with van der Waals surface area (Å²) in [7, 11) is 0. The minimum Gasteiger partial charge on any atom is -0.361 e. The predicted molar refractivity (Wildman–Crippen MR) is 155 cm³/mol. The summed E-state index contributed by atoms with van der Waals surface area (Å²) in [5.74, 6) is -0.302. The number of hydrogen-bond acceptors (Lipinski definition) is 2. The molecule has 2 saturated heterocycles. The minimum absolute atomic E-state index is 0.0282. The molecule has 5 aromatic rings. The zero-order valence-electron chi connectivity index (χ0n) is 21.5. The lowest BCUT2D eigenvalue weighted by Crippen LogP contribution is -2.47. The summed E-state index contributed by atoms with van der Waals surface area (Å²) in [6.07, 6.45) is 6.16. The zero-order chi connectivity index (χ0) is 26.6. The van der Waals surface area contributed by atoms with Gasteiger partial charge >= 0.3 is 0 Å². The van der Waals surface area contributed by atoms with Crippen LogP contribution in [0.4, 0.5) is 5.69 Å². The van der Waals surface area contributed by atoms with Crippen molar-refractivity contribution in [2.75, 3.05) is 24.5 Å². The van der Waals surface area contributed by atoms with Crippen LogP contribution in [-0.2, 0) is 15.0 Å². The Balaban J connectivity index is 1.18. The van der Waals surface area contributed by atoms with E-state index in [4.69, 9.17) is 11.6 Å². The molecule has 7 rings (SSSR count). The molecule has 2 fully saturated rings. The molecular weight excluding hydrogens is 508 g/mol. The number of para-hydroxylation sites is 2. The van der Waals surface area contributed by atoms with E-state index in [1.54, 1.807) is 17.0 Å². The number of nitrogens with zero attached hydrogens (tertiary/aromatic N) is 2. The van der Waals surface area contributed by atoms with E-state index in [1.807, 2.05) is 17.0 Å². The number of likely N-dealkylation sites (tertiary alicyclic amines) is 1. The van der Waals surface area contributed by atoms with Crippen LogP contribution < -0.4 is 4.90 Å². The molecule has 2 aliphatic rings. The molecule has 0 spiro atoms. The van der Waals surface area contributed by atoms with Crippen LogP contribution in [0.2, 0.25) is 5.02 Å². The van der Waals surface area contributed by atoms with Gasteiger partial charge in [0.1, 0.15) is 0 Å². The molecule has 7 heteroatoms. The number of nitrogens with one attached hydrogen (secondary N) is 2. The van der Waals surface area contributed by atoms with E-state index in [0.29, 0.717) is 24.7 Å². The number of anilines is 1. The van der Waals surface area contributed by atoms with Crippen LogP contribution in [0, 0.1) is 5.92 Å². The summed E-state index contributed by atoms with van der Waals surface area (Å²) < 4.78 is 0. The van der Waals surface area contributed by atoms with E-state index in [2.05, 4.69) is 70.9 Å². The molecule has 0 radical (unpaired) electrons. The summed E-state index contributed by atoms with van der Waals surface area (Å²) in [6.45, 7) is 1.67. The Labute approximate surface area is 231 Å². The fourth-order valence-corrected chi connectivity index (χ4v) is 6.94. The smallest absolute Gasteiger partial charge is 0.228 e. The SMILES string of the molecule is O=C([C@@H]1CC(=O)N(c2cccc(Cl)c2)C1)N1CCC(c2c[nH]c3ccccc23)(c2c[nH]c3ccccc23)CC1. The maximum Gasteiger partial charge on any atom is 0.228 e. The highest BCUT2D eigenvalue weighted by atomic mass is 35.5. The topological polar surface area (TPSA) is 72.2 Å². The molecule has 0 saturated carbocycles. The Bertz CT molecular complexity index is 1640. The molecule has 4 heterocycles. The van der Waals surface area contributed by atoms with Gasteiger partial charge < -0.3 is 19.8 Å². The van der Waals surface area contributed by atoms with Crippen molar-refractivity contribution in [3.63, 3.8) is 0 Å². The quantitative estimate of drug-likeness (QED) is 0.284. The van der Waals surface area contributed by atoms with Crippen LogP contribution in [0.25, 0.3) is 21.8 Å². The third-order valence-electron chi connectivity index (χ3n) is 8.73. The Morgan fingerprint density at radius 2 is 1.46 bits per heavy atom. The van der Waals surface area contributed by atoms with E-state index in [1.165, 1.54) is 21.9 Å². The van der Waals surface area contributed by atoms with Gasteiger partial charge in [-0.15, -0.1) is 0 Å². The van der Waals surface area contributed by atoms with Crippen LogP contribution in [0.3, 0.4) is 0 Å². The molecule has 2 aliphatic heterocycles. The van der Waals surface area contributed by atoms with Gasteiger partial charge in [0.05, 0.1) is 5.92 Å². The lowest BCUT2D eigenvalue weighted by molar-refractivity contribution is -0.137. The highest BCUT2D eigenvalue weighted by molar-refractivity contribution is 6.31. The number of benzene rings is 3. The maximum absolute atomic E-state index is 13.7. The number of fused-ring (bicyclic) bond motifs is 2. The van der Waals surface area contributed by atoms with E-state index in [-0.39, 0.29) is 29.6 Å². The second kappa shape index (κ2) is 9.31. The normalized spacial score (nSPS) is 19.3. The number of hydrogen-bond donors (Lipinski definition) is 2. The molecule has 0 bridgehead atoms. The first-order chi connectivity index (χ1) is 19.0. The molecule has 0 unspecified atom stereocenters. The van der Waals surface area contributed by atoms with Gasteiger partial charge in [0, 0.05) is 76.4 Å². The van der Waals surface area contributed by atoms with Gasteiger partial charge in [-0.05, 0) is 54.3 Å². The van der Waals surface area contributed by atoms with Crippen molar-refractivity contribution in [3.8, 4) is 0 Å². The van der Waals surface area contributed by atoms with Crippen LogP contribution in [-0.4, -0.2) is 46.3 Å². The Hall–Kier alpha value is -4.03. The third kappa shape index (κ3) is 3.93. The number of carbonyl (C=O) groups excluding carboxylic acids is 2. The fraction of sp³-hybridized carbons (Fsp3) is 0.250. The molecule has 2 N–H and O–H groups in total. The van der Waals surface area contributed by atoms with Gasteiger partial charge in [0.15, 0.2) is 0 Å². The van der Waals surface area contributed by atoms with Crippen molar-refractivity contribution >= 4 is 50.9 Å². The van der Waals surface area contributed by atoms with Gasteiger partial charge in [-0.3, -0.25) is 9.59 Å². The van der Waals surface area contributed by atoms with E-state index < -0.39 is 0 Å². The number of carbonyl (C=O) groups is 2. The van der Waals surface area contributed by atoms with Gasteiger partial charge in [-0.25, -0.2) is 0 Å². The molecule has 0 aliphatic carbocycles. The number of aromatic nitrogens is 2. The third-order valence-corrected chi connectivity index (χ3v) is 8.97. The summed E-state index contributed by atoms with van der Waals surface area (Å²) >= 11 is 6.16. The van der Waals surface area contributed by atoms with Crippen molar-refractivity contribution in [1.29, 1.82) is 0 Å². The molecular formula is C32H29ClN4O2. The number of aromatic amines is 2. The number of rotatable bonds is 4.